The van der Waals surface area contributed by atoms with E-state index >= 15 is 0 Å². The van der Waals surface area contributed by atoms with Gasteiger partial charge in [-0.2, -0.15) is 5.10 Å². The molecule has 0 aliphatic heterocycles. The zero-order valence-corrected chi connectivity index (χ0v) is 9.57. The van der Waals surface area contributed by atoms with E-state index in [1.807, 2.05) is 23.9 Å². The molecule has 0 aliphatic carbocycles. The van der Waals surface area contributed by atoms with Crippen LogP contribution < -0.4 is 5.32 Å². The molecule has 0 bridgehead atoms. The van der Waals surface area contributed by atoms with E-state index in [4.69, 9.17) is 11.6 Å². The molecule has 5 heteroatoms. The summed E-state index contributed by atoms with van der Waals surface area (Å²) in [6.07, 6.45) is 4.53. The fourth-order valence-electron chi connectivity index (χ4n) is 1.13. The van der Waals surface area contributed by atoms with E-state index in [1.165, 1.54) is 0 Å². The number of nitrogens with one attached hydrogen (secondary N) is 1. The van der Waals surface area contributed by atoms with Gasteiger partial charge in [0, 0.05) is 37.3 Å². The predicted octanol–water partition coefficient (Wildman–Crippen LogP) is 1.26. The summed E-state index contributed by atoms with van der Waals surface area (Å²) in [7, 11) is 0. The smallest absolute Gasteiger partial charge is 0.224 e. The number of carbonyl (C=O) groups is 1. The highest BCUT2D eigenvalue weighted by Gasteiger charge is 2.09. The first kappa shape index (κ1) is 12.0. The maximum Gasteiger partial charge on any atom is 0.224 e. The molecule has 1 amide bonds. The molecule has 1 aromatic rings. The Kier molecular flexibility index (Phi) is 5.18. The van der Waals surface area contributed by atoms with Crippen molar-refractivity contribution < 1.29 is 4.79 Å². The highest BCUT2D eigenvalue weighted by atomic mass is 35.5. The Hall–Kier alpha value is -1.03. The number of aryl methyl sites for hydroxylation is 1. The fraction of sp³-hybridized carbons (Fsp3) is 0.600. The van der Waals surface area contributed by atoms with Gasteiger partial charge in [0.25, 0.3) is 0 Å². The molecule has 0 aromatic carbocycles. The van der Waals surface area contributed by atoms with E-state index < -0.39 is 0 Å². The second-order valence-electron chi connectivity index (χ2n) is 3.47. The van der Waals surface area contributed by atoms with Crippen LogP contribution in [0.3, 0.4) is 0 Å². The summed E-state index contributed by atoms with van der Waals surface area (Å²) in [5.74, 6) is 0.271. The van der Waals surface area contributed by atoms with Crippen molar-refractivity contribution >= 4 is 17.5 Å². The number of hydrogen-bond donors (Lipinski definition) is 1. The summed E-state index contributed by atoms with van der Waals surface area (Å²) in [6, 6.07) is 1.88. The molecule has 0 saturated heterocycles. The van der Waals surface area contributed by atoms with Crippen LogP contribution in [-0.2, 0) is 11.3 Å². The Morgan fingerprint density at radius 3 is 3.07 bits per heavy atom. The van der Waals surface area contributed by atoms with Gasteiger partial charge in [-0.1, -0.05) is 6.92 Å². The van der Waals surface area contributed by atoms with Gasteiger partial charge in [-0.15, -0.1) is 11.6 Å². The highest BCUT2D eigenvalue weighted by Crippen LogP contribution is 1.97. The Bertz CT molecular complexity index is 287. The molecule has 1 aromatic heterocycles. The lowest BCUT2D eigenvalue weighted by Gasteiger charge is -2.08. The Labute approximate surface area is 94.6 Å². The molecule has 1 rings (SSSR count). The number of hydrogen-bond acceptors (Lipinski definition) is 2. The van der Waals surface area contributed by atoms with Gasteiger partial charge in [0.1, 0.15) is 0 Å². The Morgan fingerprint density at radius 2 is 2.47 bits per heavy atom. The van der Waals surface area contributed by atoms with Crippen LogP contribution >= 0.6 is 11.6 Å². The third kappa shape index (κ3) is 4.34. The summed E-state index contributed by atoms with van der Waals surface area (Å²) >= 11 is 5.57. The van der Waals surface area contributed by atoms with Gasteiger partial charge in [-0.3, -0.25) is 9.48 Å². The van der Waals surface area contributed by atoms with Crippen LogP contribution in [0.15, 0.2) is 18.5 Å². The van der Waals surface area contributed by atoms with Crippen LogP contribution in [0.1, 0.15) is 13.3 Å². The molecule has 0 spiro atoms. The SMILES string of the molecule is CC(CCl)C(=O)NCCCn1cccn1. The quantitative estimate of drug-likeness (QED) is 0.590. The van der Waals surface area contributed by atoms with Crippen LogP contribution in [0.2, 0.25) is 0 Å². The Balaban J connectivity index is 2.09. The van der Waals surface area contributed by atoms with Gasteiger partial charge in [0.2, 0.25) is 5.91 Å². The van der Waals surface area contributed by atoms with Gasteiger partial charge in [0.15, 0.2) is 0 Å². The van der Waals surface area contributed by atoms with E-state index in [0.29, 0.717) is 12.4 Å². The van der Waals surface area contributed by atoms with Crippen LogP contribution in [0.25, 0.3) is 0 Å². The zero-order valence-electron chi connectivity index (χ0n) is 8.82. The average molecular weight is 230 g/mol. The number of amides is 1. The molecule has 1 unspecified atom stereocenters. The zero-order chi connectivity index (χ0) is 11.1. The standard InChI is InChI=1S/C10H16ClN3O/c1-9(8-11)10(15)12-4-2-6-14-7-3-5-13-14/h3,5,7,9H,2,4,6,8H2,1H3,(H,12,15). The van der Waals surface area contributed by atoms with Gasteiger partial charge in [-0.25, -0.2) is 0 Å². The third-order valence-corrected chi connectivity index (χ3v) is 2.56. The third-order valence-electron chi connectivity index (χ3n) is 2.10. The molecule has 1 heterocycles. The summed E-state index contributed by atoms with van der Waals surface area (Å²) in [4.78, 5) is 11.3. The number of alkyl halides is 1. The molecule has 15 heavy (non-hydrogen) atoms. The molecule has 4 nitrogen and oxygen atoms in total. The van der Waals surface area contributed by atoms with E-state index in [9.17, 15) is 4.79 Å². The van der Waals surface area contributed by atoms with Crippen LogP contribution in [0.5, 0.6) is 0 Å². The fourth-order valence-corrected chi connectivity index (χ4v) is 1.27. The monoisotopic (exact) mass is 229 g/mol. The number of rotatable bonds is 6. The first-order chi connectivity index (χ1) is 7.24. The van der Waals surface area contributed by atoms with Crippen LogP contribution in [0.4, 0.5) is 0 Å². The van der Waals surface area contributed by atoms with Crippen molar-refractivity contribution in [1.29, 1.82) is 0 Å². The van der Waals surface area contributed by atoms with E-state index in [0.717, 1.165) is 13.0 Å². The van der Waals surface area contributed by atoms with Crippen molar-refractivity contribution in [3.05, 3.63) is 18.5 Å². The van der Waals surface area contributed by atoms with E-state index in [-0.39, 0.29) is 11.8 Å². The lowest BCUT2D eigenvalue weighted by molar-refractivity contribution is -0.123. The molecule has 0 aliphatic rings. The van der Waals surface area contributed by atoms with Crippen molar-refractivity contribution in [1.82, 2.24) is 15.1 Å². The van der Waals surface area contributed by atoms with Gasteiger partial charge in [0.05, 0.1) is 0 Å². The minimum absolute atomic E-state index is 0.0189. The van der Waals surface area contributed by atoms with Crippen LogP contribution in [-0.4, -0.2) is 28.1 Å². The molecule has 0 saturated carbocycles. The number of halogens is 1. The second-order valence-corrected chi connectivity index (χ2v) is 3.78. The van der Waals surface area contributed by atoms with Crippen LogP contribution in [0, 0.1) is 5.92 Å². The van der Waals surface area contributed by atoms with Crippen molar-refractivity contribution in [3.63, 3.8) is 0 Å². The molecule has 1 atom stereocenters. The van der Waals surface area contributed by atoms with Gasteiger partial charge in [-0.05, 0) is 12.5 Å². The molecular formula is C10H16ClN3O. The maximum absolute atomic E-state index is 11.3. The molecular weight excluding hydrogens is 214 g/mol. The predicted molar refractivity (Wildman–Crippen MR) is 59.7 cm³/mol. The summed E-state index contributed by atoms with van der Waals surface area (Å²) in [6.45, 7) is 3.30. The lowest BCUT2D eigenvalue weighted by atomic mass is 10.2. The molecule has 0 radical (unpaired) electrons. The minimum atomic E-state index is -0.114. The largest absolute Gasteiger partial charge is 0.356 e. The highest BCUT2D eigenvalue weighted by molar-refractivity contribution is 6.19. The maximum atomic E-state index is 11.3. The summed E-state index contributed by atoms with van der Waals surface area (Å²) in [5.41, 5.74) is 0. The normalized spacial score (nSPS) is 12.4. The van der Waals surface area contributed by atoms with Crippen molar-refractivity contribution in [2.75, 3.05) is 12.4 Å². The van der Waals surface area contributed by atoms with Gasteiger partial charge < -0.3 is 5.32 Å². The second kappa shape index (κ2) is 6.45. The first-order valence-electron chi connectivity index (χ1n) is 5.05. The van der Waals surface area contributed by atoms with E-state index in [2.05, 4.69) is 10.4 Å². The number of aromatic nitrogens is 2. The molecule has 1 N–H and O–H groups in total. The topological polar surface area (TPSA) is 46.9 Å². The minimum Gasteiger partial charge on any atom is -0.356 e. The van der Waals surface area contributed by atoms with Gasteiger partial charge >= 0.3 is 0 Å². The molecule has 0 fully saturated rings. The van der Waals surface area contributed by atoms with Crippen molar-refractivity contribution in [2.24, 2.45) is 5.92 Å². The molecule has 84 valence electrons. The number of carbonyl (C=O) groups excluding carboxylic acids is 1. The average Bonchev–Trinajstić information content (AvgIpc) is 2.75. The number of nitrogens with zero attached hydrogens (tertiary/aromatic N) is 2. The first-order valence-corrected chi connectivity index (χ1v) is 5.58. The van der Waals surface area contributed by atoms with Crippen molar-refractivity contribution in [3.8, 4) is 0 Å². The van der Waals surface area contributed by atoms with E-state index in [1.54, 1.807) is 6.20 Å². The summed E-state index contributed by atoms with van der Waals surface area (Å²) in [5, 5.41) is 6.90. The summed E-state index contributed by atoms with van der Waals surface area (Å²) < 4.78 is 1.84. The van der Waals surface area contributed by atoms with Crippen molar-refractivity contribution in [2.45, 2.75) is 19.9 Å². The lowest BCUT2D eigenvalue weighted by Crippen LogP contribution is -2.31. The Morgan fingerprint density at radius 1 is 1.67 bits per heavy atom.